The summed E-state index contributed by atoms with van der Waals surface area (Å²) in [5.41, 5.74) is -0.563. The fourth-order valence-electron chi connectivity index (χ4n) is 5.24. The van der Waals surface area contributed by atoms with Crippen molar-refractivity contribution in [3.05, 3.63) is 83.9 Å². The lowest BCUT2D eigenvalue weighted by molar-refractivity contribution is -0.157. The van der Waals surface area contributed by atoms with Gasteiger partial charge >= 0.3 is 18.2 Å². The Morgan fingerprint density at radius 1 is 0.978 bits per heavy atom. The number of allylic oxidation sites excluding steroid dienone is 1. The van der Waals surface area contributed by atoms with Crippen LogP contribution in [0, 0.1) is 5.92 Å². The second-order valence-corrected chi connectivity index (χ2v) is 12.7. The molecule has 45 heavy (non-hydrogen) atoms. The lowest BCUT2D eigenvalue weighted by atomic mass is 9.90. The summed E-state index contributed by atoms with van der Waals surface area (Å²) >= 11 is 0. The maximum Gasteiger partial charge on any atom is 0.411 e. The van der Waals surface area contributed by atoms with E-state index in [2.05, 4.69) is 5.32 Å². The predicted molar refractivity (Wildman–Crippen MR) is 171 cm³/mol. The quantitative estimate of drug-likeness (QED) is 0.190. The number of nitrogens with zero attached hydrogens (tertiary/aromatic N) is 2. The first kappa shape index (κ1) is 35.1. The van der Waals surface area contributed by atoms with Crippen molar-refractivity contribution in [2.45, 2.75) is 90.8 Å². The minimum Gasteiger partial charge on any atom is -0.459 e. The highest BCUT2D eigenvalue weighted by Crippen LogP contribution is 2.38. The van der Waals surface area contributed by atoms with E-state index >= 15 is 0 Å². The van der Waals surface area contributed by atoms with Crippen LogP contribution in [0.2, 0.25) is 0 Å². The molecule has 1 aliphatic rings. The summed E-state index contributed by atoms with van der Waals surface area (Å²) in [6.45, 7) is 10.8. The Morgan fingerprint density at radius 3 is 2.04 bits per heavy atom. The monoisotopic (exact) mass is 621 g/mol. The zero-order chi connectivity index (χ0) is 33.2. The average Bonchev–Trinajstić information content (AvgIpc) is 3.40. The van der Waals surface area contributed by atoms with Crippen molar-refractivity contribution >= 4 is 24.1 Å². The van der Waals surface area contributed by atoms with E-state index in [0.717, 1.165) is 11.1 Å². The number of carbonyl (C=O) groups is 4. The molecule has 3 atom stereocenters. The molecule has 3 amide bonds. The van der Waals surface area contributed by atoms with Gasteiger partial charge in [0.15, 0.2) is 0 Å². The molecule has 10 heteroatoms. The smallest absolute Gasteiger partial charge is 0.411 e. The fourth-order valence-corrected chi connectivity index (χ4v) is 5.24. The van der Waals surface area contributed by atoms with Crippen LogP contribution in [0.1, 0.15) is 65.5 Å². The lowest BCUT2D eigenvalue weighted by Crippen LogP contribution is -2.54. The van der Waals surface area contributed by atoms with Gasteiger partial charge in [-0.2, -0.15) is 0 Å². The molecule has 244 valence electrons. The number of ether oxygens (including phenoxy) is 3. The number of rotatable bonds is 11. The Morgan fingerprint density at radius 2 is 1.53 bits per heavy atom. The highest BCUT2D eigenvalue weighted by atomic mass is 16.6. The zero-order valence-corrected chi connectivity index (χ0v) is 27.4. The van der Waals surface area contributed by atoms with Gasteiger partial charge in [-0.3, -0.25) is 9.69 Å². The number of hydrogen-bond donors (Lipinski definition) is 1. The molecule has 2 aromatic rings. The van der Waals surface area contributed by atoms with Crippen LogP contribution in [-0.2, 0) is 37.0 Å². The summed E-state index contributed by atoms with van der Waals surface area (Å²) in [4.78, 5) is 57.1. The van der Waals surface area contributed by atoms with E-state index in [9.17, 15) is 19.2 Å². The Balaban J connectivity index is 1.91. The highest BCUT2D eigenvalue weighted by molar-refractivity contribution is 5.89. The number of benzene rings is 2. The SMILES string of the molecule is C/C=C/CC1(C(=O)OCc2ccccc2)C[C@@H](N(C)C(=O)[C@@H](NC(=O)OC(C)(C)C)C(C)C)CN1C(=O)OCc1ccccc1. The molecule has 0 spiro atoms. The van der Waals surface area contributed by atoms with E-state index in [0.29, 0.717) is 0 Å². The van der Waals surface area contributed by atoms with E-state index in [1.807, 2.05) is 87.5 Å². The van der Waals surface area contributed by atoms with Crippen molar-refractivity contribution in [2.24, 2.45) is 5.92 Å². The van der Waals surface area contributed by atoms with Gasteiger partial charge in [-0.05, 0) is 51.2 Å². The molecule has 3 rings (SSSR count). The molecule has 1 fully saturated rings. The molecule has 10 nitrogen and oxygen atoms in total. The summed E-state index contributed by atoms with van der Waals surface area (Å²) in [6, 6.07) is 17.1. The molecule has 0 radical (unpaired) electrons. The van der Waals surface area contributed by atoms with Crippen molar-refractivity contribution in [1.82, 2.24) is 15.1 Å². The highest BCUT2D eigenvalue weighted by Gasteiger charge is 2.56. The van der Waals surface area contributed by atoms with Crippen LogP contribution < -0.4 is 5.32 Å². The van der Waals surface area contributed by atoms with Gasteiger partial charge in [0.2, 0.25) is 5.91 Å². The number of alkyl carbamates (subject to hydrolysis) is 1. The maximum atomic E-state index is 14.0. The van der Waals surface area contributed by atoms with E-state index in [4.69, 9.17) is 14.2 Å². The Kier molecular flexibility index (Phi) is 12.2. The van der Waals surface area contributed by atoms with Crippen molar-refractivity contribution in [3.8, 4) is 0 Å². The third-order valence-electron chi connectivity index (χ3n) is 7.69. The first-order chi connectivity index (χ1) is 21.3. The van der Waals surface area contributed by atoms with Gasteiger partial charge in [0.25, 0.3) is 0 Å². The third-order valence-corrected chi connectivity index (χ3v) is 7.69. The molecule has 1 aliphatic heterocycles. The molecule has 1 heterocycles. The number of likely N-dealkylation sites (tertiary alicyclic amines) is 1. The molecule has 2 aromatic carbocycles. The van der Waals surface area contributed by atoms with E-state index < -0.39 is 41.4 Å². The average molecular weight is 622 g/mol. The molecule has 1 saturated heterocycles. The van der Waals surface area contributed by atoms with Crippen LogP contribution in [0.15, 0.2) is 72.8 Å². The van der Waals surface area contributed by atoms with E-state index in [-0.39, 0.29) is 44.4 Å². The van der Waals surface area contributed by atoms with Gasteiger partial charge in [-0.1, -0.05) is 86.7 Å². The number of esters is 1. The Labute approximate surface area is 266 Å². The largest absolute Gasteiger partial charge is 0.459 e. The second-order valence-electron chi connectivity index (χ2n) is 12.7. The normalized spacial score (nSPS) is 18.8. The zero-order valence-electron chi connectivity index (χ0n) is 27.4. The number of carbonyl (C=O) groups excluding carboxylic acids is 4. The van der Waals surface area contributed by atoms with Crippen molar-refractivity contribution in [3.63, 3.8) is 0 Å². The second kappa shape index (κ2) is 15.6. The first-order valence-corrected chi connectivity index (χ1v) is 15.3. The maximum absolute atomic E-state index is 14.0. The standard InChI is InChI=1S/C35H47N3O7/c1-8-9-20-35(31(40)43-23-26-16-12-10-13-17-26)21-28(22-38(35)33(42)44-24-27-18-14-11-15-19-27)37(7)30(39)29(25(2)3)36-32(41)45-34(4,5)6/h8-19,25,28-29H,20-24H2,1-7H3,(H,36,41)/b9-8+/t28-,29+,35?/m1/s1. The van der Waals surface area contributed by atoms with Crippen molar-refractivity contribution in [1.29, 1.82) is 0 Å². The number of hydrogen-bond acceptors (Lipinski definition) is 7. The molecule has 0 aliphatic carbocycles. The van der Waals surface area contributed by atoms with Gasteiger partial charge in [0, 0.05) is 20.0 Å². The summed E-state index contributed by atoms with van der Waals surface area (Å²) in [5.74, 6) is -1.21. The van der Waals surface area contributed by atoms with Crippen LogP contribution in [-0.4, -0.2) is 70.7 Å². The van der Waals surface area contributed by atoms with Gasteiger partial charge < -0.3 is 24.4 Å². The Hall–Kier alpha value is -4.34. The Bertz CT molecular complexity index is 1320. The molecule has 0 aromatic heterocycles. The molecule has 1 N–H and O–H groups in total. The third kappa shape index (κ3) is 9.57. The number of nitrogens with one attached hydrogen (secondary N) is 1. The minimum absolute atomic E-state index is 0.0175. The minimum atomic E-state index is -1.43. The summed E-state index contributed by atoms with van der Waals surface area (Å²) in [5, 5.41) is 2.71. The first-order valence-electron chi connectivity index (χ1n) is 15.3. The molecule has 0 saturated carbocycles. The molecule has 0 bridgehead atoms. The lowest BCUT2D eigenvalue weighted by Gasteiger charge is -2.34. The number of likely N-dealkylation sites (N-methyl/N-ethyl adjacent to an activating group) is 1. The van der Waals surface area contributed by atoms with E-state index in [1.165, 1.54) is 9.80 Å². The van der Waals surface area contributed by atoms with Crippen LogP contribution in [0.4, 0.5) is 9.59 Å². The van der Waals surface area contributed by atoms with Crippen LogP contribution in [0.5, 0.6) is 0 Å². The van der Waals surface area contributed by atoms with E-state index in [1.54, 1.807) is 33.9 Å². The molecular formula is C35H47N3O7. The summed E-state index contributed by atoms with van der Waals surface area (Å²) in [7, 11) is 1.62. The predicted octanol–water partition coefficient (Wildman–Crippen LogP) is 5.85. The molecule has 1 unspecified atom stereocenters. The van der Waals surface area contributed by atoms with Gasteiger partial charge in [-0.25, -0.2) is 14.4 Å². The van der Waals surface area contributed by atoms with Gasteiger partial charge in [-0.15, -0.1) is 0 Å². The number of amides is 3. The summed E-state index contributed by atoms with van der Waals surface area (Å²) in [6.07, 6.45) is 2.52. The van der Waals surface area contributed by atoms with Crippen molar-refractivity contribution in [2.75, 3.05) is 13.6 Å². The van der Waals surface area contributed by atoms with Crippen molar-refractivity contribution < 1.29 is 33.4 Å². The van der Waals surface area contributed by atoms with Crippen LogP contribution in [0.3, 0.4) is 0 Å². The van der Waals surface area contributed by atoms with Crippen LogP contribution in [0.25, 0.3) is 0 Å². The fraction of sp³-hybridized carbons (Fsp3) is 0.486. The summed E-state index contributed by atoms with van der Waals surface area (Å²) < 4.78 is 16.9. The van der Waals surface area contributed by atoms with Crippen LogP contribution >= 0.6 is 0 Å². The van der Waals surface area contributed by atoms with Gasteiger partial charge in [0.1, 0.15) is 30.4 Å². The topological polar surface area (TPSA) is 114 Å². The molecular weight excluding hydrogens is 574 g/mol. The van der Waals surface area contributed by atoms with Gasteiger partial charge in [0.05, 0.1) is 6.04 Å².